The zero-order chi connectivity index (χ0) is 14.3. The van der Waals surface area contributed by atoms with Crippen molar-refractivity contribution in [2.75, 3.05) is 19.6 Å². The molecule has 0 bridgehead atoms. The van der Waals surface area contributed by atoms with Crippen LogP contribution in [0.5, 0.6) is 0 Å². The van der Waals surface area contributed by atoms with Crippen molar-refractivity contribution in [3.05, 3.63) is 0 Å². The average molecular weight is 270 g/mol. The highest BCUT2D eigenvalue weighted by Crippen LogP contribution is 2.27. The van der Waals surface area contributed by atoms with E-state index in [1.165, 1.54) is 19.3 Å². The third kappa shape index (κ3) is 5.09. The van der Waals surface area contributed by atoms with Crippen LogP contribution in [-0.4, -0.2) is 41.6 Å². The minimum atomic E-state index is -0.829. The molecule has 5 heteroatoms. The Labute approximate surface area is 115 Å². The molecule has 2 N–H and O–H groups in total. The van der Waals surface area contributed by atoms with Crippen LogP contribution in [0.25, 0.3) is 0 Å². The van der Waals surface area contributed by atoms with E-state index in [1.807, 2.05) is 13.8 Å². The maximum atomic E-state index is 12.0. The lowest BCUT2D eigenvalue weighted by atomic mass is 9.85. The van der Waals surface area contributed by atoms with Crippen molar-refractivity contribution < 1.29 is 14.7 Å². The summed E-state index contributed by atoms with van der Waals surface area (Å²) in [5.41, 5.74) is 0. The Morgan fingerprint density at radius 2 is 2.05 bits per heavy atom. The van der Waals surface area contributed by atoms with Gasteiger partial charge in [-0.05, 0) is 32.1 Å². The molecule has 110 valence electrons. The summed E-state index contributed by atoms with van der Waals surface area (Å²) in [5.74, 6) is -0.669. The number of rotatable bonds is 8. The number of carbonyl (C=O) groups excluding carboxylic acids is 1. The molecule has 1 atom stereocenters. The first-order valence-electron chi connectivity index (χ1n) is 7.34. The molecule has 1 aliphatic carbocycles. The fraction of sp³-hybridized carbons (Fsp3) is 0.857. The van der Waals surface area contributed by atoms with E-state index in [2.05, 4.69) is 5.32 Å². The van der Waals surface area contributed by atoms with Crippen molar-refractivity contribution in [1.29, 1.82) is 0 Å². The number of nitrogens with zero attached hydrogens (tertiary/aromatic N) is 1. The van der Waals surface area contributed by atoms with E-state index in [1.54, 1.807) is 4.90 Å². The number of aliphatic carboxylic acids is 1. The molecule has 2 amide bonds. The van der Waals surface area contributed by atoms with Crippen molar-refractivity contribution >= 4 is 12.0 Å². The van der Waals surface area contributed by atoms with Gasteiger partial charge in [-0.15, -0.1) is 0 Å². The summed E-state index contributed by atoms with van der Waals surface area (Å²) < 4.78 is 0. The van der Waals surface area contributed by atoms with Crippen molar-refractivity contribution in [2.45, 2.75) is 46.0 Å². The van der Waals surface area contributed by atoms with E-state index in [4.69, 9.17) is 5.11 Å². The monoisotopic (exact) mass is 270 g/mol. The van der Waals surface area contributed by atoms with E-state index < -0.39 is 11.9 Å². The predicted molar refractivity (Wildman–Crippen MR) is 74.0 cm³/mol. The van der Waals surface area contributed by atoms with Crippen LogP contribution in [0.15, 0.2) is 0 Å². The Kier molecular flexibility index (Phi) is 6.67. The summed E-state index contributed by atoms with van der Waals surface area (Å²) in [4.78, 5) is 24.8. The molecule has 0 aromatic carbocycles. The number of carboxylic acids is 1. The lowest BCUT2D eigenvalue weighted by Crippen LogP contribution is -2.45. The molecule has 0 radical (unpaired) electrons. The Bertz CT molecular complexity index is 303. The third-order valence-electron chi connectivity index (χ3n) is 3.86. The topological polar surface area (TPSA) is 69.6 Å². The molecule has 0 spiro atoms. The van der Waals surface area contributed by atoms with E-state index in [-0.39, 0.29) is 12.6 Å². The quantitative estimate of drug-likeness (QED) is 0.711. The highest BCUT2D eigenvalue weighted by molar-refractivity contribution is 5.76. The largest absolute Gasteiger partial charge is 0.481 e. The highest BCUT2D eigenvalue weighted by atomic mass is 16.4. The van der Waals surface area contributed by atoms with Crippen LogP contribution in [0, 0.1) is 11.8 Å². The molecule has 0 heterocycles. The van der Waals surface area contributed by atoms with Gasteiger partial charge >= 0.3 is 12.0 Å². The standard InChI is InChI=1S/C14H26N2O3/c1-3-6-12(13(17)18)9-15-14(19)16(4-2)10-11-7-5-8-11/h11-12H,3-10H2,1-2H3,(H,15,19)(H,17,18). The van der Waals surface area contributed by atoms with Gasteiger partial charge in [0.15, 0.2) is 0 Å². The van der Waals surface area contributed by atoms with Gasteiger partial charge in [0.2, 0.25) is 0 Å². The van der Waals surface area contributed by atoms with Gasteiger partial charge in [0.05, 0.1) is 5.92 Å². The summed E-state index contributed by atoms with van der Waals surface area (Å²) in [7, 11) is 0. The number of hydrogen-bond acceptors (Lipinski definition) is 2. The molecular weight excluding hydrogens is 244 g/mol. The van der Waals surface area contributed by atoms with Gasteiger partial charge in [0, 0.05) is 19.6 Å². The van der Waals surface area contributed by atoms with Gasteiger partial charge in [0.1, 0.15) is 0 Å². The second-order valence-electron chi connectivity index (χ2n) is 5.35. The van der Waals surface area contributed by atoms with Crippen LogP contribution in [0.2, 0.25) is 0 Å². The lowest BCUT2D eigenvalue weighted by Gasteiger charge is -2.32. The van der Waals surface area contributed by atoms with Crippen molar-refractivity contribution in [1.82, 2.24) is 10.2 Å². The summed E-state index contributed by atoms with van der Waals surface area (Å²) in [5, 5.41) is 11.8. The Morgan fingerprint density at radius 3 is 2.47 bits per heavy atom. The van der Waals surface area contributed by atoms with Crippen LogP contribution in [0.1, 0.15) is 46.0 Å². The van der Waals surface area contributed by atoms with E-state index in [0.29, 0.717) is 18.9 Å². The van der Waals surface area contributed by atoms with E-state index >= 15 is 0 Å². The molecular formula is C14H26N2O3. The van der Waals surface area contributed by atoms with Crippen molar-refractivity contribution in [2.24, 2.45) is 11.8 Å². The van der Waals surface area contributed by atoms with Crippen LogP contribution in [0.4, 0.5) is 4.79 Å². The normalized spacial score (nSPS) is 16.5. The third-order valence-corrected chi connectivity index (χ3v) is 3.86. The number of urea groups is 1. The fourth-order valence-corrected chi connectivity index (χ4v) is 2.33. The molecule has 0 aromatic rings. The summed E-state index contributed by atoms with van der Waals surface area (Å²) in [6.07, 6.45) is 5.09. The number of carboxylic acid groups (broad SMARTS) is 1. The fourth-order valence-electron chi connectivity index (χ4n) is 2.33. The van der Waals surface area contributed by atoms with E-state index in [0.717, 1.165) is 13.0 Å². The van der Waals surface area contributed by atoms with Gasteiger partial charge in [-0.25, -0.2) is 4.79 Å². The van der Waals surface area contributed by atoms with Crippen molar-refractivity contribution in [3.63, 3.8) is 0 Å². The molecule has 0 aliphatic heterocycles. The van der Waals surface area contributed by atoms with Crippen LogP contribution < -0.4 is 5.32 Å². The molecule has 1 fully saturated rings. The Hall–Kier alpha value is -1.26. The number of amides is 2. The number of hydrogen-bond donors (Lipinski definition) is 2. The molecule has 1 saturated carbocycles. The van der Waals surface area contributed by atoms with Gasteiger partial charge in [-0.1, -0.05) is 19.8 Å². The van der Waals surface area contributed by atoms with Crippen LogP contribution in [-0.2, 0) is 4.79 Å². The zero-order valence-corrected chi connectivity index (χ0v) is 12.0. The first-order chi connectivity index (χ1) is 9.08. The lowest BCUT2D eigenvalue weighted by molar-refractivity contribution is -0.141. The molecule has 1 aliphatic rings. The molecule has 1 rings (SSSR count). The summed E-state index contributed by atoms with van der Waals surface area (Å²) >= 11 is 0. The van der Waals surface area contributed by atoms with Crippen LogP contribution >= 0.6 is 0 Å². The minimum Gasteiger partial charge on any atom is -0.481 e. The second-order valence-corrected chi connectivity index (χ2v) is 5.35. The molecule has 19 heavy (non-hydrogen) atoms. The van der Waals surface area contributed by atoms with Crippen molar-refractivity contribution in [3.8, 4) is 0 Å². The molecule has 0 saturated heterocycles. The number of nitrogens with one attached hydrogen (secondary N) is 1. The average Bonchev–Trinajstić information content (AvgIpc) is 2.32. The molecule has 0 aromatic heterocycles. The van der Waals surface area contributed by atoms with Gasteiger partial charge < -0.3 is 15.3 Å². The van der Waals surface area contributed by atoms with Gasteiger partial charge in [-0.2, -0.15) is 0 Å². The minimum absolute atomic E-state index is 0.128. The molecule has 5 nitrogen and oxygen atoms in total. The summed E-state index contributed by atoms with van der Waals surface area (Å²) in [6.45, 7) is 5.61. The first-order valence-corrected chi connectivity index (χ1v) is 7.34. The Morgan fingerprint density at radius 1 is 1.37 bits per heavy atom. The predicted octanol–water partition coefficient (Wildman–Crippen LogP) is 2.32. The highest BCUT2D eigenvalue weighted by Gasteiger charge is 2.24. The zero-order valence-electron chi connectivity index (χ0n) is 12.0. The number of carbonyl (C=O) groups is 2. The summed E-state index contributed by atoms with van der Waals surface area (Å²) in [6, 6.07) is -0.128. The van der Waals surface area contributed by atoms with Gasteiger partial charge in [-0.3, -0.25) is 4.79 Å². The van der Waals surface area contributed by atoms with E-state index in [9.17, 15) is 9.59 Å². The maximum Gasteiger partial charge on any atom is 0.317 e. The van der Waals surface area contributed by atoms with Gasteiger partial charge in [0.25, 0.3) is 0 Å². The van der Waals surface area contributed by atoms with Crippen LogP contribution in [0.3, 0.4) is 0 Å². The Balaban J connectivity index is 2.35. The maximum absolute atomic E-state index is 12.0. The smallest absolute Gasteiger partial charge is 0.317 e. The SMILES string of the molecule is CCCC(CNC(=O)N(CC)CC1CCC1)C(=O)O. The second kappa shape index (κ2) is 8.02. The first kappa shape index (κ1) is 15.8. The molecule has 1 unspecified atom stereocenters.